The van der Waals surface area contributed by atoms with Gasteiger partial charge in [-0.3, -0.25) is 4.79 Å². The van der Waals surface area contributed by atoms with E-state index in [1.54, 1.807) is 11.9 Å². The smallest absolute Gasteiger partial charge is 0.255 e. The lowest BCUT2D eigenvalue weighted by molar-refractivity contribution is 0.0743. The maximum Gasteiger partial charge on any atom is 0.255 e. The molecule has 1 unspecified atom stereocenters. The van der Waals surface area contributed by atoms with Crippen molar-refractivity contribution < 1.29 is 9.18 Å². The zero-order valence-corrected chi connectivity index (χ0v) is 12.4. The molecule has 0 bridgehead atoms. The molecule has 1 aliphatic rings. The molecule has 0 radical (unpaired) electrons. The molecule has 0 saturated carbocycles. The SMILES string of the molecule is CN(C(=O)c1ccc(F)cc1Br)C1CCNC1.Cl. The Morgan fingerprint density at radius 2 is 2.28 bits per heavy atom. The standard InChI is InChI=1S/C12H14BrFN2O.ClH/c1-16(9-4-5-15-7-9)12(17)10-3-2-8(14)6-11(10)13;/h2-3,6,9,15H,4-5,7H2,1H3;1H. The van der Waals surface area contributed by atoms with Gasteiger partial charge in [-0.25, -0.2) is 4.39 Å². The van der Waals surface area contributed by atoms with Crippen LogP contribution >= 0.6 is 28.3 Å². The van der Waals surface area contributed by atoms with Gasteiger partial charge in [0.2, 0.25) is 0 Å². The molecule has 1 N–H and O–H groups in total. The first-order valence-corrected chi connectivity index (χ1v) is 6.32. The van der Waals surface area contributed by atoms with E-state index in [4.69, 9.17) is 0 Å². The molecule has 3 nitrogen and oxygen atoms in total. The Morgan fingerprint density at radius 1 is 1.56 bits per heavy atom. The number of amides is 1. The number of nitrogens with one attached hydrogen (secondary N) is 1. The Bertz CT molecular complexity index is 438. The van der Waals surface area contributed by atoms with Gasteiger partial charge in [-0.2, -0.15) is 0 Å². The second-order valence-corrected chi connectivity index (χ2v) is 5.04. The van der Waals surface area contributed by atoms with Crippen LogP contribution in [0, 0.1) is 5.82 Å². The van der Waals surface area contributed by atoms with Crippen molar-refractivity contribution in [2.24, 2.45) is 0 Å². The summed E-state index contributed by atoms with van der Waals surface area (Å²) in [5.74, 6) is -0.427. The highest BCUT2D eigenvalue weighted by atomic mass is 79.9. The van der Waals surface area contributed by atoms with Crippen LogP contribution in [-0.4, -0.2) is 37.0 Å². The largest absolute Gasteiger partial charge is 0.337 e. The van der Waals surface area contributed by atoms with Crippen LogP contribution in [0.2, 0.25) is 0 Å². The van der Waals surface area contributed by atoms with Crippen LogP contribution in [0.15, 0.2) is 22.7 Å². The average Bonchev–Trinajstić information content (AvgIpc) is 2.80. The Morgan fingerprint density at radius 3 is 2.83 bits per heavy atom. The normalized spacial score (nSPS) is 18.3. The van der Waals surface area contributed by atoms with Gasteiger partial charge in [0.1, 0.15) is 5.82 Å². The lowest BCUT2D eigenvalue weighted by Gasteiger charge is -2.24. The van der Waals surface area contributed by atoms with E-state index in [1.807, 2.05) is 0 Å². The summed E-state index contributed by atoms with van der Waals surface area (Å²) in [6.45, 7) is 1.76. The second kappa shape index (κ2) is 6.50. The number of hydrogen-bond donors (Lipinski definition) is 1. The van der Waals surface area contributed by atoms with E-state index in [0.29, 0.717) is 10.0 Å². The first-order chi connectivity index (χ1) is 8.09. The first-order valence-electron chi connectivity index (χ1n) is 5.52. The summed E-state index contributed by atoms with van der Waals surface area (Å²) in [6, 6.07) is 4.35. The number of carbonyl (C=O) groups is 1. The van der Waals surface area contributed by atoms with Crippen LogP contribution in [0.5, 0.6) is 0 Å². The highest BCUT2D eigenvalue weighted by Crippen LogP contribution is 2.21. The van der Waals surface area contributed by atoms with E-state index in [0.717, 1.165) is 19.5 Å². The Labute approximate surface area is 120 Å². The van der Waals surface area contributed by atoms with Gasteiger partial charge in [0.15, 0.2) is 0 Å². The number of carbonyl (C=O) groups excluding carboxylic acids is 1. The first kappa shape index (κ1) is 15.4. The molecule has 1 atom stereocenters. The fourth-order valence-electron chi connectivity index (χ4n) is 1.99. The number of likely N-dealkylation sites (N-methyl/N-ethyl adjacent to an activating group) is 1. The minimum atomic E-state index is -0.349. The molecule has 100 valence electrons. The van der Waals surface area contributed by atoms with Crippen molar-refractivity contribution in [3.63, 3.8) is 0 Å². The maximum absolute atomic E-state index is 12.9. The predicted octanol–water partition coefficient (Wildman–Crippen LogP) is 2.44. The second-order valence-electron chi connectivity index (χ2n) is 4.19. The molecule has 1 fully saturated rings. The van der Waals surface area contributed by atoms with E-state index in [1.165, 1.54) is 18.2 Å². The highest BCUT2D eigenvalue weighted by molar-refractivity contribution is 9.10. The van der Waals surface area contributed by atoms with Crippen molar-refractivity contribution in [1.82, 2.24) is 10.2 Å². The minimum Gasteiger partial charge on any atom is -0.337 e. The van der Waals surface area contributed by atoms with Crippen molar-refractivity contribution in [1.29, 1.82) is 0 Å². The number of halogens is 3. The quantitative estimate of drug-likeness (QED) is 0.899. The van der Waals surface area contributed by atoms with E-state index >= 15 is 0 Å². The van der Waals surface area contributed by atoms with Crippen molar-refractivity contribution in [2.45, 2.75) is 12.5 Å². The van der Waals surface area contributed by atoms with Crippen LogP contribution in [0.1, 0.15) is 16.8 Å². The van der Waals surface area contributed by atoms with Gasteiger partial charge in [0.25, 0.3) is 5.91 Å². The molecule has 1 aromatic carbocycles. The molecule has 0 spiro atoms. The summed E-state index contributed by atoms with van der Waals surface area (Å²) in [5.41, 5.74) is 0.501. The van der Waals surface area contributed by atoms with Gasteiger partial charge in [-0.1, -0.05) is 0 Å². The van der Waals surface area contributed by atoms with Gasteiger partial charge >= 0.3 is 0 Å². The molecule has 1 saturated heterocycles. The monoisotopic (exact) mass is 336 g/mol. The van der Waals surface area contributed by atoms with Crippen molar-refractivity contribution in [3.8, 4) is 0 Å². The summed E-state index contributed by atoms with van der Waals surface area (Å²) < 4.78 is 13.4. The van der Waals surface area contributed by atoms with Crippen LogP contribution in [0.3, 0.4) is 0 Å². The summed E-state index contributed by atoms with van der Waals surface area (Å²) in [7, 11) is 1.79. The minimum absolute atomic E-state index is 0. The zero-order chi connectivity index (χ0) is 12.4. The molecule has 0 aliphatic carbocycles. The Balaban J connectivity index is 0.00000162. The average molecular weight is 338 g/mol. The van der Waals surface area contributed by atoms with Gasteiger partial charge in [-0.15, -0.1) is 12.4 Å². The van der Waals surface area contributed by atoms with E-state index in [2.05, 4.69) is 21.2 Å². The van der Waals surface area contributed by atoms with Crippen LogP contribution < -0.4 is 5.32 Å². The van der Waals surface area contributed by atoms with Gasteiger partial charge in [0, 0.05) is 24.1 Å². The summed E-state index contributed by atoms with van der Waals surface area (Å²) in [4.78, 5) is 13.9. The van der Waals surface area contributed by atoms with E-state index in [-0.39, 0.29) is 30.2 Å². The number of benzene rings is 1. The molecular weight excluding hydrogens is 322 g/mol. The molecule has 6 heteroatoms. The Kier molecular flexibility index (Phi) is 5.56. The lowest BCUT2D eigenvalue weighted by Crippen LogP contribution is -2.38. The third-order valence-electron chi connectivity index (χ3n) is 3.06. The number of rotatable bonds is 2. The topological polar surface area (TPSA) is 32.3 Å². The summed E-state index contributed by atoms with van der Waals surface area (Å²) >= 11 is 3.22. The van der Waals surface area contributed by atoms with Crippen LogP contribution in [-0.2, 0) is 0 Å². The number of hydrogen-bond acceptors (Lipinski definition) is 2. The van der Waals surface area contributed by atoms with Gasteiger partial charge in [-0.05, 0) is 47.1 Å². The van der Waals surface area contributed by atoms with Crippen LogP contribution in [0.4, 0.5) is 4.39 Å². The third-order valence-corrected chi connectivity index (χ3v) is 3.72. The third kappa shape index (κ3) is 3.22. The molecule has 1 heterocycles. The number of nitrogens with zero attached hydrogens (tertiary/aromatic N) is 1. The van der Waals surface area contributed by atoms with Gasteiger partial charge in [0.05, 0.1) is 5.56 Å². The highest BCUT2D eigenvalue weighted by Gasteiger charge is 2.25. The fourth-order valence-corrected chi connectivity index (χ4v) is 2.51. The predicted molar refractivity (Wildman–Crippen MR) is 74.7 cm³/mol. The molecular formula is C12H15BrClFN2O. The molecule has 1 aromatic rings. The molecule has 18 heavy (non-hydrogen) atoms. The van der Waals surface area contributed by atoms with Gasteiger partial charge < -0.3 is 10.2 Å². The van der Waals surface area contributed by atoms with E-state index in [9.17, 15) is 9.18 Å². The Hall–Kier alpha value is -0.650. The molecule has 1 aliphatic heterocycles. The summed E-state index contributed by atoms with van der Waals surface area (Å²) in [5, 5.41) is 3.22. The van der Waals surface area contributed by atoms with Crippen molar-refractivity contribution >= 4 is 34.2 Å². The summed E-state index contributed by atoms with van der Waals surface area (Å²) in [6.07, 6.45) is 0.959. The maximum atomic E-state index is 12.9. The molecule has 0 aromatic heterocycles. The fraction of sp³-hybridized carbons (Fsp3) is 0.417. The van der Waals surface area contributed by atoms with E-state index < -0.39 is 0 Å². The molecule has 2 rings (SSSR count). The lowest BCUT2D eigenvalue weighted by atomic mass is 10.1. The molecule has 1 amide bonds. The van der Waals surface area contributed by atoms with Crippen molar-refractivity contribution in [2.75, 3.05) is 20.1 Å². The van der Waals surface area contributed by atoms with Crippen LogP contribution in [0.25, 0.3) is 0 Å². The van der Waals surface area contributed by atoms with Crippen molar-refractivity contribution in [3.05, 3.63) is 34.1 Å². The zero-order valence-electron chi connectivity index (χ0n) is 9.95.